The predicted molar refractivity (Wildman–Crippen MR) is 251 cm³/mol. The highest BCUT2D eigenvalue weighted by Gasteiger charge is 2.17. The molecule has 278 valence electrons. The SMILES string of the molecule is [C-]#[N+]c1ccc(-c2cccc(-c3cc(-c4ccc(-c5ccc(-c6c7ccccc7cc7c6ccc6ccccc67)cc5)c5ccccc45)nc(-c4ccccc4)n3)c2)cc1. The molecule has 10 aromatic carbocycles. The van der Waals surface area contributed by atoms with E-state index in [0.29, 0.717) is 11.5 Å². The van der Waals surface area contributed by atoms with E-state index in [1.165, 1.54) is 49.0 Å². The molecular weight excluding hydrogens is 727 g/mol. The van der Waals surface area contributed by atoms with Crippen molar-refractivity contribution in [1.29, 1.82) is 0 Å². The Hall–Kier alpha value is -8.19. The van der Waals surface area contributed by atoms with Crippen LogP contribution in [-0.2, 0) is 0 Å². The normalized spacial score (nSPS) is 11.3. The summed E-state index contributed by atoms with van der Waals surface area (Å²) in [6.07, 6.45) is 0. The number of hydrogen-bond donors (Lipinski definition) is 0. The maximum absolute atomic E-state index is 7.36. The Morgan fingerprint density at radius 1 is 0.317 bits per heavy atom. The van der Waals surface area contributed by atoms with E-state index in [9.17, 15) is 0 Å². The molecule has 0 aliphatic carbocycles. The van der Waals surface area contributed by atoms with Gasteiger partial charge < -0.3 is 0 Å². The van der Waals surface area contributed by atoms with E-state index in [2.05, 4.69) is 175 Å². The molecule has 1 heterocycles. The van der Waals surface area contributed by atoms with Crippen LogP contribution >= 0.6 is 0 Å². The van der Waals surface area contributed by atoms with Crippen molar-refractivity contribution in [3.63, 3.8) is 0 Å². The van der Waals surface area contributed by atoms with Crippen molar-refractivity contribution in [2.75, 3.05) is 0 Å². The maximum Gasteiger partial charge on any atom is 0.187 e. The molecule has 0 saturated heterocycles. The molecule has 3 nitrogen and oxygen atoms in total. The van der Waals surface area contributed by atoms with E-state index in [-0.39, 0.29) is 0 Å². The van der Waals surface area contributed by atoms with E-state index in [4.69, 9.17) is 16.5 Å². The summed E-state index contributed by atoms with van der Waals surface area (Å²) >= 11 is 0. The van der Waals surface area contributed by atoms with E-state index < -0.39 is 0 Å². The fraction of sp³-hybridized carbons (Fsp3) is 0. The monoisotopic (exact) mass is 761 g/mol. The number of aromatic nitrogens is 2. The highest BCUT2D eigenvalue weighted by molar-refractivity contribution is 6.20. The Labute approximate surface area is 348 Å². The van der Waals surface area contributed by atoms with E-state index in [1.807, 2.05) is 42.5 Å². The Morgan fingerprint density at radius 2 is 0.917 bits per heavy atom. The van der Waals surface area contributed by atoms with Gasteiger partial charge in [-0.1, -0.05) is 194 Å². The second-order valence-electron chi connectivity index (χ2n) is 15.2. The number of benzene rings is 10. The summed E-state index contributed by atoms with van der Waals surface area (Å²) in [5.41, 5.74) is 12.2. The van der Waals surface area contributed by atoms with Crippen molar-refractivity contribution in [3.8, 4) is 67.3 Å². The lowest BCUT2D eigenvalue weighted by Crippen LogP contribution is -1.97. The van der Waals surface area contributed by atoms with Gasteiger partial charge in [-0.25, -0.2) is 14.8 Å². The molecule has 1 aromatic heterocycles. The fourth-order valence-electron chi connectivity index (χ4n) is 8.76. The molecule has 11 rings (SSSR count). The summed E-state index contributed by atoms with van der Waals surface area (Å²) in [6, 6.07) is 74.9. The number of fused-ring (bicyclic) bond motifs is 5. The molecule has 0 atom stereocenters. The minimum Gasteiger partial charge on any atom is -0.238 e. The number of rotatable bonds is 6. The summed E-state index contributed by atoms with van der Waals surface area (Å²) in [5, 5.41) is 9.84. The smallest absolute Gasteiger partial charge is 0.187 e. The van der Waals surface area contributed by atoms with Gasteiger partial charge in [0.25, 0.3) is 0 Å². The Kier molecular flexibility index (Phi) is 8.54. The van der Waals surface area contributed by atoms with Gasteiger partial charge in [-0.15, -0.1) is 0 Å². The molecule has 60 heavy (non-hydrogen) atoms. The third-order valence-corrected chi connectivity index (χ3v) is 11.7. The quantitative estimate of drug-likeness (QED) is 0.0959. The van der Waals surface area contributed by atoms with Crippen molar-refractivity contribution in [1.82, 2.24) is 9.97 Å². The van der Waals surface area contributed by atoms with Crippen LogP contribution in [0, 0.1) is 6.57 Å². The van der Waals surface area contributed by atoms with Crippen LogP contribution in [0.5, 0.6) is 0 Å². The van der Waals surface area contributed by atoms with Crippen LogP contribution in [0.25, 0.3) is 115 Å². The average molecular weight is 762 g/mol. The van der Waals surface area contributed by atoms with E-state index >= 15 is 0 Å². The molecule has 0 saturated carbocycles. The first kappa shape index (κ1) is 35.0. The largest absolute Gasteiger partial charge is 0.238 e. The van der Waals surface area contributed by atoms with Crippen molar-refractivity contribution < 1.29 is 0 Å². The van der Waals surface area contributed by atoms with Crippen LogP contribution < -0.4 is 0 Å². The van der Waals surface area contributed by atoms with Crippen LogP contribution in [0.2, 0.25) is 0 Å². The summed E-state index contributed by atoms with van der Waals surface area (Å²) in [6.45, 7) is 7.36. The van der Waals surface area contributed by atoms with E-state index in [1.54, 1.807) is 0 Å². The molecule has 0 radical (unpaired) electrons. The van der Waals surface area contributed by atoms with Crippen LogP contribution in [0.3, 0.4) is 0 Å². The summed E-state index contributed by atoms with van der Waals surface area (Å²) in [7, 11) is 0. The first-order valence-electron chi connectivity index (χ1n) is 20.2. The Balaban J connectivity index is 1.02. The molecule has 0 N–H and O–H groups in total. The molecule has 0 bridgehead atoms. The zero-order valence-corrected chi connectivity index (χ0v) is 32.5. The van der Waals surface area contributed by atoms with Gasteiger partial charge in [-0.3, -0.25) is 0 Å². The second kappa shape index (κ2) is 14.6. The Morgan fingerprint density at radius 3 is 1.70 bits per heavy atom. The lowest BCUT2D eigenvalue weighted by atomic mass is 9.88. The standard InChI is InChI=1S/C57H35N3/c1-58-45-29-26-37(27-30-45)42-16-11-17-44(34-42)54-36-55(60-57(59-54)41-13-3-2-4-14-41)51-33-32-47(49-20-9-10-21-50(49)51)39-22-24-40(25-23-39)56-48-19-8-6-15-43(48)35-53-46-18-7-5-12-38(46)28-31-52(53)56/h2-36H. The van der Waals surface area contributed by atoms with Gasteiger partial charge in [-0.2, -0.15) is 0 Å². The van der Waals surface area contributed by atoms with Gasteiger partial charge in [0.1, 0.15) is 0 Å². The first-order valence-corrected chi connectivity index (χ1v) is 20.2. The number of nitrogens with zero attached hydrogens (tertiary/aromatic N) is 3. The highest BCUT2D eigenvalue weighted by atomic mass is 14.9. The van der Waals surface area contributed by atoms with Gasteiger partial charge in [0.05, 0.1) is 18.0 Å². The van der Waals surface area contributed by atoms with Gasteiger partial charge in [-0.05, 0) is 94.7 Å². The van der Waals surface area contributed by atoms with Gasteiger partial charge >= 0.3 is 0 Å². The molecule has 0 amide bonds. The van der Waals surface area contributed by atoms with Crippen LogP contribution in [0.4, 0.5) is 5.69 Å². The zero-order chi connectivity index (χ0) is 40.0. The fourth-order valence-corrected chi connectivity index (χ4v) is 8.76. The second-order valence-corrected chi connectivity index (χ2v) is 15.2. The van der Waals surface area contributed by atoms with Gasteiger partial charge in [0.15, 0.2) is 11.5 Å². The zero-order valence-electron chi connectivity index (χ0n) is 32.5. The Bertz CT molecular complexity index is 3470. The van der Waals surface area contributed by atoms with Gasteiger partial charge in [0, 0.05) is 16.7 Å². The lowest BCUT2D eigenvalue weighted by molar-refractivity contribution is 1.18. The molecule has 0 aliphatic rings. The third-order valence-electron chi connectivity index (χ3n) is 11.7. The summed E-state index contributed by atoms with van der Waals surface area (Å²) < 4.78 is 0. The predicted octanol–water partition coefficient (Wildman–Crippen LogP) is 15.6. The van der Waals surface area contributed by atoms with Crippen molar-refractivity contribution in [2.24, 2.45) is 0 Å². The van der Waals surface area contributed by atoms with E-state index in [0.717, 1.165) is 55.5 Å². The van der Waals surface area contributed by atoms with Crippen molar-refractivity contribution in [3.05, 3.63) is 224 Å². The van der Waals surface area contributed by atoms with Crippen molar-refractivity contribution >= 4 is 48.8 Å². The molecule has 0 aliphatic heterocycles. The molecule has 0 unspecified atom stereocenters. The lowest BCUT2D eigenvalue weighted by Gasteiger charge is -2.16. The molecular formula is C57H35N3. The summed E-state index contributed by atoms with van der Waals surface area (Å²) in [4.78, 5) is 13.9. The average Bonchev–Trinajstić information content (AvgIpc) is 3.33. The topological polar surface area (TPSA) is 30.1 Å². The third kappa shape index (κ3) is 6.16. The van der Waals surface area contributed by atoms with Gasteiger partial charge in [0.2, 0.25) is 0 Å². The molecule has 0 spiro atoms. The maximum atomic E-state index is 7.36. The number of hydrogen-bond acceptors (Lipinski definition) is 2. The molecule has 11 aromatic rings. The van der Waals surface area contributed by atoms with Crippen LogP contribution in [0.1, 0.15) is 0 Å². The molecule has 0 fully saturated rings. The minimum atomic E-state index is 0.627. The minimum absolute atomic E-state index is 0.627. The molecule has 3 heteroatoms. The highest BCUT2D eigenvalue weighted by Crippen LogP contribution is 2.42. The van der Waals surface area contributed by atoms with Crippen molar-refractivity contribution in [2.45, 2.75) is 0 Å². The van der Waals surface area contributed by atoms with Crippen LogP contribution in [-0.4, -0.2) is 9.97 Å². The van der Waals surface area contributed by atoms with Crippen LogP contribution in [0.15, 0.2) is 212 Å². The summed E-state index contributed by atoms with van der Waals surface area (Å²) in [5.74, 6) is 0.674. The first-order chi connectivity index (χ1) is 29.7.